The molecule has 3 nitrogen and oxygen atoms in total. The lowest BCUT2D eigenvalue weighted by atomic mass is 9.92. The Morgan fingerprint density at radius 2 is 2.29 bits per heavy atom. The summed E-state index contributed by atoms with van der Waals surface area (Å²) in [7, 11) is 0. The van der Waals surface area contributed by atoms with E-state index in [-0.39, 0.29) is 0 Å². The Morgan fingerprint density at radius 3 is 2.94 bits per heavy atom. The summed E-state index contributed by atoms with van der Waals surface area (Å²) >= 11 is 0. The molecule has 1 aliphatic rings. The van der Waals surface area contributed by atoms with Crippen LogP contribution in [0.3, 0.4) is 0 Å². The van der Waals surface area contributed by atoms with E-state index in [1.54, 1.807) is 0 Å². The molecule has 0 spiro atoms. The van der Waals surface area contributed by atoms with E-state index in [9.17, 15) is 0 Å². The van der Waals surface area contributed by atoms with Crippen LogP contribution in [-0.4, -0.2) is 26.4 Å². The third-order valence-electron chi connectivity index (χ3n) is 3.48. The maximum atomic E-state index is 5.87. The zero-order chi connectivity index (χ0) is 12.1. The van der Waals surface area contributed by atoms with E-state index in [0.717, 1.165) is 25.4 Å². The molecule has 1 aromatic rings. The van der Waals surface area contributed by atoms with Crippen LogP contribution in [0.1, 0.15) is 12.0 Å². The summed E-state index contributed by atoms with van der Waals surface area (Å²) in [6, 6.07) is 8.09. The topological polar surface area (TPSA) is 44.5 Å². The van der Waals surface area contributed by atoms with E-state index in [0.29, 0.717) is 25.0 Å². The first-order valence-corrected chi connectivity index (χ1v) is 6.27. The van der Waals surface area contributed by atoms with E-state index >= 15 is 0 Å². The lowest BCUT2D eigenvalue weighted by molar-refractivity contribution is 0.150. The van der Waals surface area contributed by atoms with Gasteiger partial charge in [0.15, 0.2) is 0 Å². The van der Waals surface area contributed by atoms with Gasteiger partial charge in [0.25, 0.3) is 0 Å². The van der Waals surface area contributed by atoms with Crippen molar-refractivity contribution in [2.24, 2.45) is 17.6 Å². The van der Waals surface area contributed by atoms with Crippen molar-refractivity contribution in [2.45, 2.75) is 13.3 Å². The number of nitrogens with two attached hydrogens (primary N) is 1. The van der Waals surface area contributed by atoms with Crippen LogP contribution < -0.4 is 10.5 Å². The summed E-state index contributed by atoms with van der Waals surface area (Å²) in [5, 5.41) is 0. The second-order valence-electron chi connectivity index (χ2n) is 4.70. The normalized spacial score (nSPS) is 21.4. The third-order valence-corrected chi connectivity index (χ3v) is 3.48. The zero-order valence-corrected chi connectivity index (χ0v) is 10.4. The highest BCUT2D eigenvalue weighted by Gasteiger charge is 2.25. The number of benzene rings is 1. The highest BCUT2D eigenvalue weighted by Crippen LogP contribution is 2.23. The number of ether oxygens (including phenoxy) is 2. The van der Waals surface area contributed by atoms with E-state index in [4.69, 9.17) is 15.2 Å². The molecule has 1 aliphatic heterocycles. The fourth-order valence-electron chi connectivity index (χ4n) is 2.24. The first kappa shape index (κ1) is 12.4. The van der Waals surface area contributed by atoms with Crippen LogP contribution in [0, 0.1) is 18.8 Å². The fourth-order valence-corrected chi connectivity index (χ4v) is 2.24. The minimum absolute atomic E-state index is 0.400. The van der Waals surface area contributed by atoms with Crippen molar-refractivity contribution in [1.29, 1.82) is 0 Å². The summed E-state index contributed by atoms with van der Waals surface area (Å²) in [5.41, 5.74) is 6.99. The number of para-hydroxylation sites is 1. The van der Waals surface area contributed by atoms with Gasteiger partial charge in [-0.2, -0.15) is 0 Å². The lowest BCUT2D eigenvalue weighted by Crippen LogP contribution is -2.29. The third kappa shape index (κ3) is 3.20. The van der Waals surface area contributed by atoms with Gasteiger partial charge in [-0.25, -0.2) is 0 Å². The van der Waals surface area contributed by atoms with Crippen LogP contribution in [0.2, 0.25) is 0 Å². The first-order chi connectivity index (χ1) is 8.31. The van der Waals surface area contributed by atoms with Crippen LogP contribution in [0.5, 0.6) is 5.75 Å². The Balaban J connectivity index is 1.89. The van der Waals surface area contributed by atoms with Gasteiger partial charge in [0.05, 0.1) is 6.61 Å². The molecular weight excluding hydrogens is 214 g/mol. The molecule has 0 aromatic heterocycles. The van der Waals surface area contributed by atoms with Gasteiger partial charge in [0.1, 0.15) is 5.75 Å². The molecule has 0 aliphatic carbocycles. The Labute approximate surface area is 103 Å². The maximum absolute atomic E-state index is 5.87. The van der Waals surface area contributed by atoms with Crippen LogP contribution in [0.4, 0.5) is 0 Å². The van der Waals surface area contributed by atoms with Crippen LogP contribution in [-0.2, 0) is 4.74 Å². The molecule has 17 heavy (non-hydrogen) atoms. The number of aryl methyl sites for hydroxylation is 1. The van der Waals surface area contributed by atoms with E-state index in [1.807, 2.05) is 18.2 Å². The minimum atomic E-state index is 0.400. The van der Waals surface area contributed by atoms with Gasteiger partial charge < -0.3 is 15.2 Å². The average molecular weight is 235 g/mol. The van der Waals surface area contributed by atoms with Crippen molar-refractivity contribution in [3.8, 4) is 5.75 Å². The molecule has 1 fully saturated rings. The largest absolute Gasteiger partial charge is 0.493 e. The van der Waals surface area contributed by atoms with Crippen molar-refractivity contribution in [2.75, 3.05) is 26.4 Å². The molecule has 2 rings (SSSR count). The predicted octanol–water partition coefficient (Wildman–Crippen LogP) is 1.99. The molecule has 2 N–H and O–H groups in total. The van der Waals surface area contributed by atoms with Crippen molar-refractivity contribution in [3.63, 3.8) is 0 Å². The van der Waals surface area contributed by atoms with Gasteiger partial charge in [-0.15, -0.1) is 0 Å². The summed E-state index contributed by atoms with van der Waals surface area (Å²) in [6.45, 7) is 5.12. The molecule has 2 unspecified atom stereocenters. The summed E-state index contributed by atoms with van der Waals surface area (Å²) in [5.74, 6) is 1.92. The predicted molar refractivity (Wildman–Crippen MR) is 68.1 cm³/mol. The number of hydrogen-bond donors (Lipinski definition) is 1. The molecule has 0 radical (unpaired) electrons. The summed E-state index contributed by atoms with van der Waals surface area (Å²) in [6.07, 6.45) is 1.11. The van der Waals surface area contributed by atoms with Crippen LogP contribution in [0.15, 0.2) is 24.3 Å². The molecule has 0 bridgehead atoms. The van der Waals surface area contributed by atoms with Gasteiger partial charge >= 0.3 is 0 Å². The monoisotopic (exact) mass is 235 g/mol. The second kappa shape index (κ2) is 6.03. The molecule has 1 aromatic carbocycles. The molecule has 2 atom stereocenters. The van der Waals surface area contributed by atoms with Crippen molar-refractivity contribution >= 4 is 0 Å². The Bertz CT molecular complexity index is 348. The molecular formula is C14H21NO2. The van der Waals surface area contributed by atoms with Gasteiger partial charge in [-0.3, -0.25) is 0 Å². The van der Waals surface area contributed by atoms with Crippen LogP contribution >= 0.6 is 0 Å². The molecule has 94 valence electrons. The Hall–Kier alpha value is -1.06. The second-order valence-corrected chi connectivity index (χ2v) is 4.70. The highest BCUT2D eigenvalue weighted by molar-refractivity contribution is 5.31. The van der Waals surface area contributed by atoms with Crippen molar-refractivity contribution in [3.05, 3.63) is 29.8 Å². The minimum Gasteiger partial charge on any atom is -0.493 e. The van der Waals surface area contributed by atoms with E-state index in [2.05, 4.69) is 13.0 Å². The summed E-state index contributed by atoms with van der Waals surface area (Å²) in [4.78, 5) is 0. The lowest BCUT2D eigenvalue weighted by Gasteiger charge is -2.21. The molecule has 3 heteroatoms. The van der Waals surface area contributed by atoms with Crippen molar-refractivity contribution < 1.29 is 9.47 Å². The Kier molecular flexibility index (Phi) is 4.40. The smallest absolute Gasteiger partial charge is 0.122 e. The standard InChI is InChI=1S/C14H21NO2/c1-11-4-2-3-5-14(11)17-10-13(8-15)12-6-7-16-9-12/h2-5,12-13H,6-10,15H2,1H3. The number of hydrogen-bond acceptors (Lipinski definition) is 3. The quantitative estimate of drug-likeness (QED) is 0.848. The molecule has 0 amide bonds. The van der Waals surface area contributed by atoms with Crippen LogP contribution in [0.25, 0.3) is 0 Å². The molecule has 1 saturated heterocycles. The van der Waals surface area contributed by atoms with Gasteiger partial charge in [-0.05, 0) is 37.4 Å². The Morgan fingerprint density at radius 1 is 1.47 bits per heavy atom. The molecule has 0 saturated carbocycles. The van der Waals surface area contributed by atoms with E-state index in [1.165, 1.54) is 5.56 Å². The van der Waals surface area contributed by atoms with Gasteiger partial charge in [-0.1, -0.05) is 18.2 Å². The maximum Gasteiger partial charge on any atom is 0.122 e. The highest BCUT2D eigenvalue weighted by atomic mass is 16.5. The number of rotatable bonds is 5. The zero-order valence-electron chi connectivity index (χ0n) is 10.4. The summed E-state index contributed by atoms with van der Waals surface area (Å²) < 4.78 is 11.3. The van der Waals surface area contributed by atoms with Gasteiger partial charge in [0.2, 0.25) is 0 Å². The SMILES string of the molecule is Cc1ccccc1OCC(CN)C1CCOC1. The first-order valence-electron chi connectivity index (χ1n) is 6.27. The van der Waals surface area contributed by atoms with Crippen molar-refractivity contribution in [1.82, 2.24) is 0 Å². The average Bonchev–Trinajstić information content (AvgIpc) is 2.86. The fraction of sp³-hybridized carbons (Fsp3) is 0.571. The molecule has 1 heterocycles. The van der Waals surface area contributed by atoms with Gasteiger partial charge in [0, 0.05) is 19.1 Å². The van der Waals surface area contributed by atoms with E-state index < -0.39 is 0 Å².